The molecule has 2 aromatic rings. The van der Waals surface area contributed by atoms with Crippen molar-refractivity contribution in [2.45, 2.75) is 80.3 Å². The minimum absolute atomic E-state index is 0.177. The molecule has 2 aromatic carbocycles. The van der Waals surface area contributed by atoms with E-state index in [9.17, 15) is 9.67 Å². The first kappa shape index (κ1) is 28.3. The van der Waals surface area contributed by atoms with Crippen molar-refractivity contribution in [2.75, 3.05) is 6.16 Å². The average molecular weight is 435 g/mol. The number of hydrogen-bond donors (Lipinski definition) is 1. The van der Waals surface area contributed by atoms with Crippen molar-refractivity contribution >= 4 is 7.37 Å². The highest BCUT2D eigenvalue weighted by Crippen LogP contribution is 2.67. The molecule has 0 saturated carbocycles. The molecule has 1 saturated heterocycles. The molecule has 1 N–H and O–H groups in total. The van der Waals surface area contributed by atoms with E-state index >= 15 is 0 Å². The Morgan fingerprint density at radius 2 is 1.23 bits per heavy atom. The van der Waals surface area contributed by atoms with Gasteiger partial charge in [-0.15, -0.1) is 0 Å². The van der Waals surface area contributed by atoms with Crippen LogP contribution in [0.1, 0.15) is 80.4 Å². The Morgan fingerprint density at radius 3 is 1.57 bits per heavy atom. The lowest BCUT2D eigenvalue weighted by Crippen LogP contribution is -2.18. The maximum atomic E-state index is 12.1. The molecule has 30 heavy (non-hydrogen) atoms. The third kappa shape index (κ3) is 8.56. The van der Waals surface area contributed by atoms with Gasteiger partial charge in [0.15, 0.2) is 0 Å². The van der Waals surface area contributed by atoms with Crippen LogP contribution >= 0.6 is 7.37 Å². The largest absolute Gasteiger partial charge is 0.508 e. The summed E-state index contributed by atoms with van der Waals surface area (Å²) in [5.74, 6) is 1.78. The van der Waals surface area contributed by atoms with Crippen LogP contribution in [0, 0.1) is 5.92 Å². The normalized spacial score (nSPS) is 19.2. The number of rotatable bonds is 4. The van der Waals surface area contributed by atoms with Crippen LogP contribution in [0.4, 0.5) is 0 Å². The first-order valence-corrected chi connectivity index (χ1v) is 13.1. The second kappa shape index (κ2) is 12.8. The molecular weight excluding hydrogens is 391 g/mol. The fourth-order valence-corrected chi connectivity index (χ4v) is 4.38. The Hall–Kier alpha value is -1.73. The van der Waals surface area contributed by atoms with Crippen LogP contribution in [0.3, 0.4) is 0 Å². The van der Waals surface area contributed by atoms with Crippen molar-refractivity contribution in [3.63, 3.8) is 0 Å². The SMILES string of the molecule is CC.CC.CC(C)C.CC1CP1(=O)Oc1ccc(C(C)(C)c2ccc(O)cc2)cc1. The van der Waals surface area contributed by atoms with E-state index in [-0.39, 0.29) is 16.8 Å². The van der Waals surface area contributed by atoms with Crippen LogP contribution in [0.5, 0.6) is 11.5 Å². The molecule has 0 radical (unpaired) electrons. The molecule has 3 rings (SSSR count). The third-order valence-corrected chi connectivity index (χ3v) is 7.11. The second-order valence-corrected chi connectivity index (χ2v) is 11.2. The lowest BCUT2D eigenvalue weighted by Gasteiger charge is -2.26. The lowest BCUT2D eigenvalue weighted by atomic mass is 9.78. The zero-order valence-electron chi connectivity index (χ0n) is 20.7. The molecule has 0 bridgehead atoms. The molecule has 1 fully saturated rings. The Kier molecular flexibility index (Phi) is 12.1. The van der Waals surface area contributed by atoms with E-state index in [1.807, 2.05) is 71.0 Å². The first-order valence-electron chi connectivity index (χ1n) is 11.2. The van der Waals surface area contributed by atoms with E-state index in [0.29, 0.717) is 11.9 Å². The zero-order valence-corrected chi connectivity index (χ0v) is 21.6. The summed E-state index contributed by atoms with van der Waals surface area (Å²) in [5, 5.41) is 9.42. The average Bonchev–Trinajstić information content (AvgIpc) is 3.30. The lowest BCUT2D eigenvalue weighted by molar-refractivity contribution is 0.474. The topological polar surface area (TPSA) is 46.5 Å². The highest BCUT2D eigenvalue weighted by atomic mass is 31.2. The van der Waals surface area contributed by atoms with Crippen LogP contribution in [0.2, 0.25) is 0 Å². The molecule has 2 atom stereocenters. The molecule has 0 spiro atoms. The van der Waals surface area contributed by atoms with Crippen molar-refractivity contribution in [3.05, 3.63) is 59.7 Å². The van der Waals surface area contributed by atoms with Gasteiger partial charge < -0.3 is 9.63 Å². The van der Waals surface area contributed by atoms with Gasteiger partial charge >= 0.3 is 0 Å². The number of phenols is 1. The van der Waals surface area contributed by atoms with Gasteiger partial charge in [-0.1, -0.05) is 93.5 Å². The Bertz CT molecular complexity index is 759. The van der Waals surface area contributed by atoms with Crippen LogP contribution in [-0.2, 0) is 9.98 Å². The van der Waals surface area contributed by atoms with Crippen LogP contribution in [0.25, 0.3) is 0 Å². The summed E-state index contributed by atoms with van der Waals surface area (Å²) in [6, 6.07) is 15.1. The number of hydrogen-bond acceptors (Lipinski definition) is 3. The molecule has 4 heteroatoms. The molecule has 0 aliphatic carbocycles. The zero-order chi connectivity index (χ0) is 23.5. The first-order chi connectivity index (χ1) is 14.0. The fourth-order valence-electron chi connectivity index (χ4n) is 2.60. The van der Waals surface area contributed by atoms with Crippen LogP contribution < -0.4 is 4.52 Å². The molecule has 0 aromatic heterocycles. The van der Waals surface area contributed by atoms with Crippen molar-refractivity contribution in [1.82, 2.24) is 0 Å². The molecule has 2 unspecified atom stereocenters. The van der Waals surface area contributed by atoms with E-state index in [1.165, 1.54) is 0 Å². The number of phenolic OH excluding ortho intramolecular Hbond substituents is 1. The van der Waals surface area contributed by atoms with E-state index in [4.69, 9.17) is 4.52 Å². The molecule has 3 nitrogen and oxygen atoms in total. The highest BCUT2D eigenvalue weighted by molar-refractivity contribution is 7.67. The quantitative estimate of drug-likeness (QED) is 0.491. The van der Waals surface area contributed by atoms with Gasteiger partial charge in [0.2, 0.25) is 0 Å². The Morgan fingerprint density at radius 1 is 0.900 bits per heavy atom. The Labute approximate surface area is 185 Å². The summed E-state index contributed by atoms with van der Waals surface area (Å²) in [5.41, 5.74) is 2.29. The second-order valence-electron chi connectivity index (χ2n) is 8.28. The molecule has 1 aliphatic rings. The van der Waals surface area contributed by atoms with E-state index in [2.05, 4.69) is 34.6 Å². The van der Waals surface area contributed by atoms with Crippen molar-refractivity contribution in [2.24, 2.45) is 5.92 Å². The van der Waals surface area contributed by atoms with Gasteiger partial charge in [0, 0.05) is 11.6 Å². The van der Waals surface area contributed by atoms with Gasteiger partial charge in [-0.05, 0) is 41.3 Å². The van der Waals surface area contributed by atoms with Crippen LogP contribution in [0.15, 0.2) is 48.5 Å². The van der Waals surface area contributed by atoms with Gasteiger partial charge in [-0.25, -0.2) is 0 Å². The summed E-state index contributed by atoms with van der Waals surface area (Å²) in [4.78, 5) is 0. The van der Waals surface area contributed by atoms with Gasteiger partial charge in [-0.2, -0.15) is 0 Å². The summed E-state index contributed by atoms with van der Waals surface area (Å²) in [6.45, 7) is 20.7. The minimum atomic E-state index is -2.38. The monoisotopic (exact) mass is 434 g/mol. The molecule has 1 heterocycles. The Balaban J connectivity index is 0.000000924. The molecule has 170 valence electrons. The fraction of sp³-hybridized carbons (Fsp3) is 0.538. The summed E-state index contributed by atoms with van der Waals surface area (Å²) in [6.07, 6.45) is 0.688. The molecule has 0 amide bonds. The summed E-state index contributed by atoms with van der Waals surface area (Å²) >= 11 is 0. The van der Waals surface area contributed by atoms with Gasteiger partial charge in [0.1, 0.15) is 11.5 Å². The summed E-state index contributed by atoms with van der Waals surface area (Å²) in [7, 11) is -2.38. The predicted octanol–water partition coefficient (Wildman–Crippen LogP) is 8.49. The van der Waals surface area contributed by atoms with E-state index < -0.39 is 7.37 Å². The van der Waals surface area contributed by atoms with Gasteiger partial charge in [-0.3, -0.25) is 4.57 Å². The van der Waals surface area contributed by atoms with Gasteiger partial charge in [0.25, 0.3) is 7.37 Å². The standard InChI is InChI=1S/C18H21O3P.C4H10.2C2H6/c1-13-12-22(13,20)21-17-10-6-15(7-11-17)18(2,3)14-4-8-16(19)9-5-14;1-4(2)3;2*1-2/h4-11,13,19H,12H2,1-3H3;4H,1-3H3;2*1-2H3. The van der Waals surface area contributed by atoms with Gasteiger partial charge in [0.05, 0.1) is 5.66 Å². The minimum Gasteiger partial charge on any atom is -0.508 e. The van der Waals surface area contributed by atoms with E-state index in [0.717, 1.165) is 17.0 Å². The smallest absolute Gasteiger partial charge is 0.252 e. The number of benzene rings is 2. The summed E-state index contributed by atoms with van der Waals surface area (Å²) < 4.78 is 17.8. The predicted molar refractivity (Wildman–Crippen MR) is 132 cm³/mol. The number of aromatic hydroxyl groups is 1. The third-order valence-electron chi connectivity index (χ3n) is 4.48. The molecular formula is C26H43O3P. The van der Waals surface area contributed by atoms with E-state index in [1.54, 1.807) is 12.1 Å². The molecule has 1 aliphatic heterocycles. The van der Waals surface area contributed by atoms with Crippen molar-refractivity contribution < 1.29 is 14.2 Å². The highest BCUT2D eigenvalue weighted by Gasteiger charge is 2.49. The van der Waals surface area contributed by atoms with Crippen molar-refractivity contribution in [1.29, 1.82) is 0 Å². The maximum absolute atomic E-state index is 12.1. The van der Waals surface area contributed by atoms with Crippen LogP contribution in [-0.4, -0.2) is 16.9 Å². The maximum Gasteiger partial charge on any atom is 0.252 e. The van der Waals surface area contributed by atoms with Crippen molar-refractivity contribution in [3.8, 4) is 11.5 Å².